The number of carbonyl (C=O) groups is 2. The van der Waals surface area contributed by atoms with Crippen LogP contribution in [0.15, 0.2) is 102 Å². The number of amides is 2. The number of ether oxygens (including phenoxy) is 2. The molecular formula is C44H48N2O6S. The molecule has 5 fully saturated rings. The van der Waals surface area contributed by atoms with E-state index in [1.807, 2.05) is 60.7 Å². The monoisotopic (exact) mass is 732 g/mol. The van der Waals surface area contributed by atoms with Crippen LogP contribution in [0.2, 0.25) is 0 Å². The Labute approximate surface area is 315 Å². The maximum absolute atomic E-state index is 13.3. The van der Waals surface area contributed by atoms with Crippen molar-refractivity contribution in [3.8, 4) is 11.1 Å². The minimum Gasteiger partial charge on any atom is -0.478 e. The van der Waals surface area contributed by atoms with Crippen molar-refractivity contribution < 1.29 is 29.3 Å². The molecule has 5 aliphatic rings. The number of nitrogens with one attached hydrogen (secondary N) is 2. The molecule has 4 aliphatic carbocycles. The summed E-state index contributed by atoms with van der Waals surface area (Å²) in [7, 11) is 0. The van der Waals surface area contributed by atoms with Crippen molar-refractivity contribution in [2.45, 2.75) is 87.5 Å². The molecule has 0 unspecified atom stereocenters. The molecule has 0 spiro atoms. The fourth-order valence-corrected chi connectivity index (χ4v) is 11.0. The molecule has 9 rings (SSSR count). The van der Waals surface area contributed by atoms with Gasteiger partial charge in [0, 0.05) is 34.2 Å². The largest absolute Gasteiger partial charge is 0.478 e. The number of hydrogen-bond acceptors (Lipinski definition) is 6. The van der Waals surface area contributed by atoms with Crippen molar-refractivity contribution in [1.82, 2.24) is 10.6 Å². The molecule has 4 aromatic rings. The Bertz CT molecular complexity index is 1900. The number of carbonyl (C=O) groups excluding carboxylic acids is 1. The van der Waals surface area contributed by atoms with Gasteiger partial charge in [-0.25, -0.2) is 9.59 Å². The van der Waals surface area contributed by atoms with E-state index in [9.17, 15) is 19.8 Å². The highest BCUT2D eigenvalue weighted by Gasteiger charge is 2.51. The molecule has 4 bridgehead atoms. The van der Waals surface area contributed by atoms with E-state index in [-0.39, 0.29) is 41.9 Å². The third-order valence-electron chi connectivity index (χ3n) is 12.0. The number of hydrogen-bond donors (Lipinski definition) is 4. The highest BCUT2D eigenvalue weighted by Crippen LogP contribution is 2.55. The van der Waals surface area contributed by atoms with E-state index in [0.717, 1.165) is 70.4 Å². The zero-order valence-corrected chi connectivity index (χ0v) is 30.9. The summed E-state index contributed by atoms with van der Waals surface area (Å²) in [6.07, 6.45) is 6.24. The molecule has 1 heterocycles. The van der Waals surface area contributed by atoms with Crippen LogP contribution in [-0.4, -0.2) is 39.6 Å². The van der Waals surface area contributed by atoms with Crippen LogP contribution in [0.5, 0.6) is 0 Å². The molecular weight excluding hydrogens is 685 g/mol. The average Bonchev–Trinajstić information content (AvgIpc) is 3.16. The summed E-state index contributed by atoms with van der Waals surface area (Å²) in [5.41, 5.74) is 6.09. The van der Waals surface area contributed by atoms with Gasteiger partial charge in [0.1, 0.15) is 0 Å². The van der Waals surface area contributed by atoms with E-state index in [0.29, 0.717) is 17.2 Å². The van der Waals surface area contributed by atoms with Crippen LogP contribution >= 0.6 is 11.8 Å². The minimum absolute atomic E-state index is 0.0300. The van der Waals surface area contributed by atoms with Gasteiger partial charge < -0.3 is 30.3 Å². The Morgan fingerprint density at radius 3 is 2.13 bits per heavy atom. The van der Waals surface area contributed by atoms with Crippen LogP contribution in [0.25, 0.3) is 11.1 Å². The van der Waals surface area contributed by atoms with Crippen molar-refractivity contribution in [2.75, 3.05) is 5.75 Å². The Kier molecular flexibility index (Phi) is 10.4. The number of thioether (sulfide) groups is 1. The summed E-state index contributed by atoms with van der Waals surface area (Å²) in [5, 5.41) is 26.0. The molecule has 276 valence electrons. The predicted octanol–water partition coefficient (Wildman–Crippen LogP) is 8.90. The normalized spacial score (nSPS) is 28.8. The lowest BCUT2D eigenvalue weighted by atomic mass is 9.53. The number of benzene rings is 4. The van der Waals surface area contributed by atoms with Gasteiger partial charge in [-0.2, -0.15) is 0 Å². The second kappa shape index (κ2) is 15.3. The number of carboxylic acids is 1. The fraction of sp³-hybridized carbons (Fsp3) is 0.409. The Balaban J connectivity index is 0.974. The van der Waals surface area contributed by atoms with E-state index in [4.69, 9.17) is 9.47 Å². The molecule has 9 heteroatoms. The first-order chi connectivity index (χ1) is 25.8. The summed E-state index contributed by atoms with van der Waals surface area (Å²) < 4.78 is 13.3. The second-order valence-electron chi connectivity index (χ2n) is 15.7. The highest BCUT2D eigenvalue weighted by atomic mass is 32.2. The third-order valence-corrected chi connectivity index (χ3v) is 13.2. The van der Waals surface area contributed by atoms with Gasteiger partial charge in [0.15, 0.2) is 6.29 Å². The molecule has 1 aliphatic heterocycles. The number of rotatable bonds is 11. The second-order valence-corrected chi connectivity index (χ2v) is 16.8. The van der Waals surface area contributed by atoms with E-state index in [1.165, 1.54) is 31.0 Å². The standard InChI is InChI=1S/C44H48N2O6S/c1-27-38(26-53-39-9-5-4-8-37(39)41(48)49)51-42(52-40(27)33-12-10-28(25-47)11-13-33)34-16-14-32(15-17-34)36-7-3-2-6-35(36)24-45-43(50)46-44-21-29-18-30(22-44)20-31(19-29)23-44/h2-17,27,29-31,38,40,42,47H,18-26H2,1H3,(H,48,49)(H2,45,46,50)/t27-,29?,30?,31?,38+,40+,42+,44?/m1/s1. The van der Waals surface area contributed by atoms with Crippen LogP contribution in [-0.2, 0) is 22.6 Å². The zero-order chi connectivity index (χ0) is 36.5. The van der Waals surface area contributed by atoms with Crippen LogP contribution in [0.3, 0.4) is 0 Å². The lowest BCUT2D eigenvalue weighted by Crippen LogP contribution is -2.61. The summed E-state index contributed by atoms with van der Waals surface area (Å²) in [4.78, 5) is 25.9. The number of carboxylic acid groups (broad SMARTS) is 1. The Morgan fingerprint density at radius 2 is 1.45 bits per heavy atom. The molecule has 0 radical (unpaired) electrons. The van der Waals surface area contributed by atoms with Gasteiger partial charge >= 0.3 is 12.0 Å². The maximum atomic E-state index is 13.3. The van der Waals surface area contributed by atoms with Gasteiger partial charge in [-0.15, -0.1) is 11.8 Å². The van der Waals surface area contributed by atoms with Gasteiger partial charge in [-0.05, 0) is 96.2 Å². The molecule has 4 saturated carbocycles. The predicted molar refractivity (Wildman–Crippen MR) is 205 cm³/mol. The fourth-order valence-electron chi connectivity index (χ4n) is 9.75. The van der Waals surface area contributed by atoms with Gasteiger partial charge in [0.05, 0.1) is 24.4 Å². The summed E-state index contributed by atoms with van der Waals surface area (Å²) in [6.45, 7) is 2.51. The molecule has 4 N–H and O–H groups in total. The third kappa shape index (κ3) is 7.76. The molecule has 0 aromatic heterocycles. The van der Waals surface area contributed by atoms with Crippen molar-refractivity contribution in [2.24, 2.45) is 23.7 Å². The quantitative estimate of drug-likeness (QED) is 0.114. The summed E-state index contributed by atoms with van der Waals surface area (Å²) in [6, 6.07) is 31.2. The summed E-state index contributed by atoms with van der Waals surface area (Å²) in [5.74, 6) is 1.88. The number of aliphatic hydroxyl groups is 1. The highest BCUT2D eigenvalue weighted by molar-refractivity contribution is 7.99. The maximum Gasteiger partial charge on any atom is 0.336 e. The molecule has 8 nitrogen and oxygen atoms in total. The van der Waals surface area contributed by atoms with E-state index >= 15 is 0 Å². The van der Waals surface area contributed by atoms with Crippen molar-refractivity contribution >= 4 is 23.8 Å². The first-order valence-electron chi connectivity index (χ1n) is 19.0. The summed E-state index contributed by atoms with van der Waals surface area (Å²) >= 11 is 1.48. The first-order valence-corrected chi connectivity index (χ1v) is 19.9. The molecule has 1 saturated heterocycles. The number of aliphatic hydroxyl groups excluding tert-OH is 1. The number of urea groups is 1. The van der Waals surface area contributed by atoms with Gasteiger partial charge in [-0.1, -0.05) is 91.9 Å². The van der Waals surface area contributed by atoms with Crippen LogP contribution in [0.4, 0.5) is 4.79 Å². The first kappa shape index (κ1) is 35.9. The van der Waals surface area contributed by atoms with Crippen LogP contribution in [0, 0.1) is 23.7 Å². The van der Waals surface area contributed by atoms with Crippen molar-refractivity contribution in [3.05, 3.63) is 125 Å². The van der Waals surface area contributed by atoms with E-state index in [2.05, 4.69) is 41.8 Å². The topological polar surface area (TPSA) is 117 Å². The van der Waals surface area contributed by atoms with Gasteiger partial charge in [0.25, 0.3) is 0 Å². The lowest BCUT2D eigenvalue weighted by molar-refractivity contribution is -0.268. The molecule has 4 atom stereocenters. The van der Waals surface area contributed by atoms with Crippen LogP contribution in [0.1, 0.15) is 90.5 Å². The van der Waals surface area contributed by atoms with Crippen molar-refractivity contribution in [1.29, 1.82) is 0 Å². The lowest BCUT2D eigenvalue weighted by Gasteiger charge is -2.56. The smallest absolute Gasteiger partial charge is 0.336 e. The van der Waals surface area contributed by atoms with Crippen LogP contribution < -0.4 is 10.6 Å². The zero-order valence-electron chi connectivity index (χ0n) is 30.1. The SMILES string of the molecule is C[C@@H]1[C@H](CSc2ccccc2C(=O)O)O[C@H](c2ccc(-c3ccccc3CNC(=O)NC34CC5CC(CC(C5)C3)C4)cc2)O[C@@H]1c1ccc(CO)cc1. The molecule has 53 heavy (non-hydrogen) atoms. The van der Waals surface area contributed by atoms with E-state index < -0.39 is 12.3 Å². The van der Waals surface area contributed by atoms with Crippen molar-refractivity contribution in [3.63, 3.8) is 0 Å². The van der Waals surface area contributed by atoms with Gasteiger partial charge in [0.2, 0.25) is 0 Å². The molecule has 2 amide bonds. The minimum atomic E-state index is -0.952. The Hall–Kier alpha value is -4.15. The average molecular weight is 733 g/mol. The molecule has 4 aromatic carbocycles. The number of aromatic carboxylic acids is 1. The van der Waals surface area contributed by atoms with E-state index in [1.54, 1.807) is 12.1 Å². The van der Waals surface area contributed by atoms with Gasteiger partial charge in [-0.3, -0.25) is 0 Å². The Morgan fingerprint density at radius 1 is 0.811 bits per heavy atom.